The third-order valence-corrected chi connectivity index (χ3v) is 4.91. The van der Waals surface area contributed by atoms with Crippen molar-refractivity contribution < 1.29 is 19.8 Å². The normalized spacial score (nSPS) is 10.6. The van der Waals surface area contributed by atoms with Crippen LogP contribution in [0.1, 0.15) is 45.6 Å². The Morgan fingerprint density at radius 1 is 1.10 bits per heavy atom. The number of ketones is 1. The van der Waals surface area contributed by atoms with Crippen molar-refractivity contribution in [1.29, 1.82) is 5.26 Å². The Balaban J connectivity index is 1.95. The molecular weight excluding hydrogens is 368 g/mol. The second-order valence-electron chi connectivity index (χ2n) is 6.89. The molecule has 0 atom stereocenters. The van der Waals surface area contributed by atoms with Crippen molar-refractivity contribution in [2.75, 3.05) is 0 Å². The first kappa shape index (κ1) is 20.0. The summed E-state index contributed by atoms with van der Waals surface area (Å²) in [7, 11) is 0. The van der Waals surface area contributed by atoms with E-state index in [1.54, 1.807) is 6.07 Å². The number of nitrogens with zero attached hydrogens (tertiary/aromatic N) is 2. The van der Waals surface area contributed by atoms with Crippen LogP contribution in [-0.4, -0.2) is 26.9 Å². The van der Waals surface area contributed by atoms with Gasteiger partial charge in [0.25, 0.3) is 0 Å². The van der Waals surface area contributed by atoms with Gasteiger partial charge in [0.2, 0.25) is 0 Å². The summed E-state index contributed by atoms with van der Waals surface area (Å²) in [5, 5.41) is 29.0. The molecule has 2 N–H and O–H groups in total. The van der Waals surface area contributed by atoms with E-state index in [4.69, 9.17) is 5.11 Å². The number of hydrogen-bond acceptors (Lipinski definition) is 5. The Bertz CT molecular complexity index is 1150. The number of aliphatic carboxylic acids is 1. The molecule has 0 fully saturated rings. The maximum absolute atomic E-state index is 12.3. The molecule has 6 nitrogen and oxygen atoms in total. The van der Waals surface area contributed by atoms with Gasteiger partial charge in [-0.2, -0.15) is 5.26 Å². The molecule has 3 rings (SSSR count). The molecule has 0 spiro atoms. The van der Waals surface area contributed by atoms with Gasteiger partial charge in [0, 0.05) is 11.8 Å². The fraction of sp³-hybridized carbons (Fsp3) is 0.217. The van der Waals surface area contributed by atoms with E-state index in [2.05, 4.69) is 24.0 Å². The third kappa shape index (κ3) is 4.41. The standard InChI is InChI=1S/C23H20N2O4/c1-14-4-2-3-5-16(14)8-6-15-7-9-17-18(13-24)23(29)22(25-19(17)12-15)20(26)10-11-21(27)28/h2-5,7,9,12,29H,6,8,10-11H2,1H3,(H,27,28). The van der Waals surface area contributed by atoms with Gasteiger partial charge < -0.3 is 10.2 Å². The molecule has 1 heterocycles. The summed E-state index contributed by atoms with van der Waals surface area (Å²) < 4.78 is 0. The molecule has 0 saturated carbocycles. The SMILES string of the molecule is Cc1ccccc1CCc1ccc2c(C#N)c(O)c(C(=O)CCC(=O)O)nc2c1. The molecule has 146 valence electrons. The molecule has 0 saturated heterocycles. The Labute approximate surface area is 168 Å². The van der Waals surface area contributed by atoms with Gasteiger partial charge in [0.05, 0.1) is 11.9 Å². The lowest BCUT2D eigenvalue weighted by Gasteiger charge is -2.10. The number of pyridine rings is 1. The van der Waals surface area contributed by atoms with Crippen molar-refractivity contribution in [2.45, 2.75) is 32.6 Å². The average Bonchev–Trinajstić information content (AvgIpc) is 2.71. The van der Waals surface area contributed by atoms with Crippen molar-refractivity contribution >= 4 is 22.7 Å². The Hall–Kier alpha value is -3.72. The molecular formula is C23H20N2O4. The number of rotatable bonds is 7. The Kier molecular flexibility index (Phi) is 5.89. The molecule has 6 heteroatoms. The minimum atomic E-state index is -1.11. The number of aryl methyl sites for hydroxylation is 3. The molecule has 0 aliphatic carbocycles. The van der Waals surface area contributed by atoms with Crippen LogP contribution in [0.15, 0.2) is 42.5 Å². The molecule has 29 heavy (non-hydrogen) atoms. The number of fused-ring (bicyclic) bond motifs is 1. The summed E-state index contributed by atoms with van der Waals surface area (Å²) in [6.07, 6.45) is 0.939. The van der Waals surface area contributed by atoms with Crippen molar-refractivity contribution in [3.63, 3.8) is 0 Å². The second-order valence-corrected chi connectivity index (χ2v) is 6.89. The maximum Gasteiger partial charge on any atom is 0.303 e. The minimum Gasteiger partial charge on any atom is -0.504 e. The lowest BCUT2D eigenvalue weighted by molar-refractivity contribution is -0.136. The summed E-state index contributed by atoms with van der Waals surface area (Å²) in [6.45, 7) is 2.06. The number of nitriles is 1. The highest BCUT2D eigenvalue weighted by atomic mass is 16.4. The molecule has 3 aromatic rings. The van der Waals surface area contributed by atoms with Gasteiger partial charge in [-0.25, -0.2) is 4.98 Å². The molecule has 2 aromatic carbocycles. The van der Waals surface area contributed by atoms with Crippen LogP contribution in [0.2, 0.25) is 0 Å². The maximum atomic E-state index is 12.3. The van der Waals surface area contributed by atoms with Crippen LogP contribution in [0.5, 0.6) is 5.75 Å². The minimum absolute atomic E-state index is 0.0286. The van der Waals surface area contributed by atoms with Crippen molar-refractivity contribution in [1.82, 2.24) is 4.98 Å². The van der Waals surface area contributed by atoms with E-state index in [1.807, 2.05) is 30.3 Å². The number of aromatic nitrogens is 1. The van der Waals surface area contributed by atoms with E-state index in [-0.39, 0.29) is 24.1 Å². The van der Waals surface area contributed by atoms with Gasteiger partial charge in [0.15, 0.2) is 11.5 Å². The molecule has 1 aromatic heterocycles. The lowest BCUT2D eigenvalue weighted by Crippen LogP contribution is -2.07. The molecule has 0 unspecified atom stereocenters. The molecule has 0 bridgehead atoms. The summed E-state index contributed by atoms with van der Waals surface area (Å²) in [5.74, 6) is -2.21. The summed E-state index contributed by atoms with van der Waals surface area (Å²) >= 11 is 0. The van der Waals surface area contributed by atoms with Crippen LogP contribution in [0.4, 0.5) is 0 Å². The largest absolute Gasteiger partial charge is 0.504 e. The first-order valence-electron chi connectivity index (χ1n) is 9.26. The van der Waals surface area contributed by atoms with E-state index in [0.717, 1.165) is 18.4 Å². The van der Waals surface area contributed by atoms with E-state index in [9.17, 15) is 20.0 Å². The van der Waals surface area contributed by atoms with Crippen LogP contribution in [0.25, 0.3) is 10.9 Å². The van der Waals surface area contributed by atoms with Crippen LogP contribution < -0.4 is 0 Å². The Morgan fingerprint density at radius 2 is 1.86 bits per heavy atom. The lowest BCUT2D eigenvalue weighted by atomic mass is 9.98. The highest BCUT2D eigenvalue weighted by Gasteiger charge is 2.20. The highest BCUT2D eigenvalue weighted by molar-refractivity contribution is 6.02. The van der Waals surface area contributed by atoms with Gasteiger partial charge in [-0.15, -0.1) is 0 Å². The summed E-state index contributed by atoms with van der Waals surface area (Å²) in [4.78, 5) is 27.3. The first-order valence-corrected chi connectivity index (χ1v) is 9.26. The van der Waals surface area contributed by atoms with Crippen LogP contribution in [-0.2, 0) is 17.6 Å². The monoisotopic (exact) mass is 388 g/mol. The number of carbonyl (C=O) groups excluding carboxylic acids is 1. The molecule has 0 radical (unpaired) electrons. The Morgan fingerprint density at radius 3 is 2.55 bits per heavy atom. The zero-order chi connectivity index (χ0) is 21.0. The average molecular weight is 388 g/mol. The predicted octanol–water partition coefficient (Wildman–Crippen LogP) is 3.95. The first-order chi connectivity index (χ1) is 13.9. The smallest absolute Gasteiger partial charge is 0.303 e. The zero-order valence-electron chi connectivity index (χ0n) is 16.0. The van der Waals surface area contributed by atoms with Gasteiger partial charge in [-0.05, 0) is 42.5 Å². The number of carboxylic acid groups (broad SMARTS) is 1. The second kappa shape index (κ2) is 8.53. The number of Topliss-reactive ketones (excluding diaryl/α,β-unsaturated/α-hetero) is 1. The molecule has 0 aliphatic rings. The number of hydrogen-bond donors (Lipinski definition) is 2. The van der Waals surface area contributed by atoms with Crippen molar-refractivity contribution in [3.05, 3.63) is 70.4 Å². The van der Waals surface area contributed by atoms with E-state index in [1.165, 1.54) is 11.1 Å². The predicted molar refractivity (Wildman–Crippen MR) is 108 cm³/mol. The fourth-order valence-corrected chi connectivity index (χ4v) is 3.27. The van der Waals surface area contributed by atoms with Gasteiger partial charge >= 0.3 is 5.97 Å². The fourth-order valence-electron chi connectivity index (χ4n) is 3.27. The number of benzene rings is 2. The summed E-state index contributed by atoms with van der Waals surface area (Å²) in [5.41, 5.74) is 3.60. The quantitative estimate of drug-likeness (QED) is 0.593. The number of aromatic hydroxyl groups is 1. The highest BCUT2D eigenvalue weighted by Crippen LogP contribution is 2.30. The number of carboxylic acids is 1. The summed E-state index contributed by atoms with van der Waals surface area (Å²) in [6, 6.07) is 15.5. The number of carbonyl (C=O) groups is 2. The van der Waals surface area contributed by atoms with Crippen LogP contribution in [0.3, 0.4) is 0 Å². The third-order valence-electron chi connectivity index (χ3n) is 4.91. The van der Waals surface area contributed by atoms with Gasteiger partial charge in [-0.3, -0.25) is 9.59 Å². The van der Waals surface area contributed by atoms with Crippen molar-refractivity contribution in [3.8, 4) is 11.8 Å². The van der Waals surface area contributed by atoms with Gasteiger partial charge in [0.1, 0.15) is 17.3 Å². The zero-order valence-corrected chi connectivity index (χ0v) is 16.0. The van der Waals surface area contributed by atoms with E-state index >= 15 is 0 Å². The van der Waals surface area contributed by atoms with E-state index in [0.29, 0.717) is 10.9 Å². The molecule has 0 amide bonds. The van der Waals surface area contributed by atoms with E-state index < -0.39 is 17.5 Å². The molecule has 0 aliphatic heterocycles. The van der Waals surface area contributed by atoms with Crippen LogP contribution >= 0.6 is 0 Å². The van der Waals surface area contributed by atoms with Gasteiger partial charge in [-0.1, -0.05) is 36.4 Å². The topological polar surface area (TPSA) is 111 Å². The van der Waals surface area contributed by atoms with Crippen molar-refractivity contribution in [2.24, 2.45) is 0 Å². The van der Waals surface area contributed by atoms with Crippen LogP contribution in [0, 0.1) is 18.3 Å².